The van der Waals surface area contributed by atoms with E-state index in [9.17, 15) is 0 Å². The molecule has 5 nitrogen and oxygen atoms in total. The van der Waals surface area contributed by atoms with Crippen LogP contribution in [0.3, 0.4) is 0 Å². The quantitative estimate of drug-likeness (QED) is 0.167. The molecule has 318 valence electrons. The zero-order valence-electron chi connectivity index (χ0n) is 36.6. The number of para-hydroxylation sites is 5. The minimum atomic E-state index is -0.727. The van der Waals surface area contributed by atoms with Crippen molar-refractivity contribution < 1.29 is 13.3 Å². The van der Waals surface area contributed by atoms with E-state index in [4.69, 9.17) is 13.3 Å². The number of benzene rings is 10. The summed E-state index contributed by atoms with van der Waals surface area (Å²) in [5, 5.41) is 5.44. The van der Waals surface area contributed by atoms with E-state index < -0.39 is 5.41 Å². The highest BCUT2D eigenvalue weighted by atomic mass is 16.3. The molecular weight excluding hydrogens is 833 g/mol. The topological polar surface area (TPSA) is 45.9 Å². The highest BCUT2D eigenvalue weighted by Crippen LogP contribution is 2.68. The smallest absolute Gasteiger partial charge is 0.142 e. The van der Waals surface area contributed by atoms with Crippen molar-refractivity contribution in [3.63, 3.8) is 0 Å². The second-order valence-electron chi connectivity index (χ2n) is 17.9. The van der Waals surface area contributed by atoms with Gasteiger partial charge in [0, 0.05) is 66.4 Å². The summed E-state index contributed by atoms with van der Waals surface area (Å²) in [6.45, 7) is 0. The molecule has 1 unspecified atom stereocenters. The molecule has 3 aromatic heterocycles. The lowest BCUT2D eigenvalue weighted by atomic mass is 9.70. The standard InChI is InChI=1S/C63H38N2O3/c1-3-17-39(18-4-1)64(41-33-35-57-47(37-41)43-21-8-12-30-54(43)66-57)52-28-15-26-50-59(52)45-23-7-11-25-49(45)63(50)51-27-16-29-53(60(51)62-61(63)46-24-10-14-32-56(46)68-62)65(40-19-5-2-6-20-40)42-34-36-58-48(38-42)44-22-9-13-31-55(44)67-58/h1-38H. The predicted octanol–water partition coefficient (Wildman–Crippen LogP) is 17.5. The summed E-state index contributed by atoms with van der Waals surface area (Å²) in [6.07, 6.45) is 0. The molecule has 0 amide bonds. The van der Waals surface area contributed by atoms with Crippen LogP contribution in [-0.4, -0.2) is 0 Å². The van der Waals surface area contributed by atoms with Crippen molar-refractivity contribution >= 4 is 89.0 Å². The van der Waals surface area contributed by atoms with Crippen LogP contribution in [0, 0.1) is 0 Å². The summed E-state index contributed by atoms with van der Waals surface area (Å²) in [4.78, 5) is 4.81. The molecule has 3 heterocycles. The van der Waals surface area contributed by atoms with Crippen molar-refractivity contribution in [2.24, 2.45) is 0 Å². The molecule has 0 saturated heterocycles. The summed E-state index contributed by atoms with van der Waals surface area (Å²) in [6, 6.07) is 82.5. The highest BCUT2D eigenvalue weighted by molar-refractivity contribution is 6.11. The van der Waals surface area contributed by atoms with Crippen molar-refractivity contribution in [1.29, 1.82) is 0 Å². The molecule has 0 N–H and O–H groups in total. The molecular formula is C63H38N2O3. The third-order valence-electron chi connectivity index (χ3n) is 14.4. The first-order valence-electron chi connectivity index (χ1n) is 23.2. The molecule has 0 aliphatic heterocycles. The van der Waals surface area contributed by atoms with E-state index in [1.165, 1.54) is 33.4 Å². The summed E-state index contributed by atoms with van der Waals surface area (Å²) in [7, 11) is 0. The lowest BCUT2D eigenvalue weighted by molar-refractivity contribution is 0.628. The van der Waals surface area contributed by atoms with E-state index in [2.05, 4.69) is 216 Å². The van der Waals surface area contributed by atoms with Gasteiger partial charge in [-0.2, -0.15) is 0 Å². The molecule has 5 heteroatoms. The largest absolute Gasteiger partial charge is 0.456 e. The maximum atomic E-state index is 7.26. The first-order chi connectivity index (χ1) is 33.7. The van der Waals surface area contributed by atoms with Gasteiger partial charge in [-0.05, 0) is 113 Å². The predicted molar refractivity (Wildman–Crippen MR) is 276 cm³/mol. The van der Waals surface area contributed by atoms with Gasteiger partial charge >= 0.3 is 0 Å². The fourth-order valence-corrected chi connectivity index (χ4v) is 11.8. The van der Waals surface area contributed by atoms with Gasteiger partial charge in [-0.1, -0.05) is 140 Å². The monoisotopic (exact) mass is 870 g/mol. The number of hydrogen-bond donors (Lipinski definition) is 0. The maximum absolute atomic E-state index is 7.26. The molecule has 2 aliphatic rings. The SMILES string of the molecule is c1ccc(N(c2ccc3oc4ccccc4c3c2)c2cccc3c2-c2ccccc2C32c3cccc(N(c4ccccc4)c4ccc5oc6ccccc6c5c4)c3-c3oc4ccccc4c32)cc1. The Morgan fingerprint density at radius 1 is 0.294 bits per heavy atom. The van der Waals surface area contributed by atoms with Gasteiger partial charge in [-0.3, -0.25) is 0 Å². The number of anilines is 6. The van der Waals surface area contributed by atoms with E-state index >= 15 is 0 Å². The van der Waals surface area contributed by atoms with Gasteiger partial charge in [0.25, 0.3) is 0 Å². The van der Waals surface area contributed by atoms with Gasteiger partial charge < -0.3 is 23.1 Å². The Morgan fingerprint density at radius 3 is 1.32 bits per heavy atom. The van der Waals surface area contributed by atoms with Crippen molar-refractivity contribution in [3.8, 4) is 22.5 Å². The van der Waals surface area contributed by atoms with Gasteiger partial charge in [0.05, 0.1) is 16.8 Å². The Kier molecular flexibility index (Phi) is 7.64. The highest BCUT2D eigenvalue weighted by Gasteiger charge is 2.56. The Hall–Kier alpha value is -9.06. The van der Waals surface area contributed by atoms with E-state index in [1.807, 2.05) is 24.3 Å². The van der Waals surface area contributed by atoms with Crippen molar-refractivity contribution in [1.82, 2.24) is 0 Å². The lowest BCUT2D eigenvalue weighted by Crippen LogP contribution is -2.26. The van der Waals surface area contributed by atoms with E-state index in [1.54, 1.807) is 0 Å². The third-order valence-corrected chi connectivity index (χ3v) is 14.4. The summed E-state index contributed by atoms with van der Waals surface area (Å²) < 4.78 is 20.0. The van der Waals surface area contributed by atoms with Crippen LogP contribution in [0.1, 0.15) is 22.3 Å². The number of fused-ring (bicyclic) bond motifs is 18. The minimum Gasteiger partial charge on any atom is -0.456 e. The fourth-order valence-electron chi connectivity index (χ4n) is 11.8. The Bertz CT molecular complexity index is 4180. The molecule has 15 rings (SSSR count). The molecule has 0 fully saturated rings. The Labute approximate surface area is 390 Å². The van der Waals surface area contributed by atoms with Gasteiger partial charge in [0.1, 0.15) is 33.7 Å². The first kappa shape index (κ1) is 37.2. The normalized spacial score (nSPS) is 14.5. The van der Waals surface area contributed by atoms with Crippen LogP contribution >= 0.6 is 0 Å². The minimum absolute atomic E-state index is 0.727. The number of rotatable bonds is 6. The summed E-state index contributed by atoms with van der Waals surface area (Å²) >= 11 is 0. The summed E-state index contributed by atoms with van der Waals surface area (Å²) in [5.74, 6) is 0.887. The van der Waals surface area contributed by atoms with Gasteiger partial charge in [-0.15, -0.1) is 0 Å². The van der Waals surface area contributed by atoms with Crippen LogP contribution in [0.25, 0.3) is 77.3 Å². The zero-order valence-corrected chi connectivity index (χ0v) is 36.6. The van der Waals surface area contributed by atoms with Crippen molar-refractivity contribution in [3.05, 3.63) is 253 Å². The van der Waals surface area contributed by atoms with E-state index in [0.29, 0.717) is 0 Å². The fraction of sp³-hybridized carbons (Fsp3) is 0.0159. The van der Waals surface area contributed by atoms with Crippen LogP contribution in [0.4, 0.5) is 34.1 Å². The van der Waals surface area contributed by atoms with Gasteiger partial charge in [0.15, 0.2) is 0 Å². The average molecular weight is 871 g/mol. The van der Waals surface area contributed by atoms with Crippen molar-refractivity contribution in [2.75, 3.05) is 9.80 Å². The Morgan fingerprint density at radius 2 is 0.735 bits per heavy atom. The molecule has 1 atom stereocenters. The van der Waals surface area contributed by atoms with Crippen LogP contribution in [0.5, 0.6) is 0 Å². The van der Waals surface area contributed by atoms with Crippen LogP contribution in [0.2, 0.25) is 0 Å². The van der Waals surface area contributed by atoms with Crippen LogP contribution in [0.15, 0.2) is 244 Å². The number of furan rings is 3. The Balaban J connectivity index is 1.02. The maximum Gasteiger partial charge on any atom is 0.142 e. The second kappa shape index (κ2) is 14.0. The summed E-state index contributed by atoms with van der Waals surface area (Å²) in [5.41, 5.74) is 18.2. The third kappa shape index (κ3) is 4.99. The first-order valence-corrected chi connectivity index (χ1v) is 23.2. The van der Waals surface area contributed by atoms with Crippen LogP contribution < -0.4 is 9.80 Å². The average Bonchev–Trinajstić information content (AvgIpc) is 4.20. The van der Waals surface area contributed by atoms with Crippen molar-refractivity contribution in [2.45, 2.75) is 5.41 Å². The molecule has 68 heavy (non-hydrogen) atoms. The number of hydrogen-bond acceptors (Lipinski definition) is 5. The molecule has 1 spiro atoms. The van der Waals surface area contributed by atoms with Gasteiger partial charge in [0.2, 0.25) is 0 Å². The van der Waals surface area contributed by atoms with E-state index in [-0.39, 0.29) is 0 Å². The number of nitrogens with zero attached hydrogens (tertiary/aromatic N) is 2. The van der Waals surface area contributed by atoms with Gasteiger partial charge in [-0.25, -0.2) is 0 Å². The molecule has 0 bridgehead atoms. The molecule has 0 saturated carbocycles. The molecule has 13 aromatic rings. The van der Waals surface area contributed by atoms with E-state index in [0.717, 1.165) is 100 Å². The zero-order chi connectivity index (χ0) is 44.5. The second-order valence-corrected chi connectivity index (χ2v) is 17.9. The molecule has 0 radical (unpaired) electrons. The van der Waals surface area contributed by atoms with Crippen LogP contribution in [-0.2, 0) is 5.41 Å². The lowest BCUT2D eigenvalue weighted by Gasteiger charge is -2.32. The molecule has 2 aliphatic carbocycles. The molecule has 10 aromatic carbocycles.